The normalized spacial score (nSPS) is 10.4. The molecule has 0 saturated carbocycles. The van der Waals surface area contributed by atoms with Crippen LogP contribution < -0.4 is 16.0 Å². The van der Waals surface area contributed by atoms with Crippen LogP contribution in [0.1, 0.15) is 24.2 Å². The molecule has 0 heterocycles. The largest absolute Gasteiger partial charge is 0.378 e. The number of hydrogen-bond donors (Lipinski definition) is 3. The van der Waals surface area contributed by atoms with Gasteiger partial charge in [-0.3, -0.25) is 19.7 Å². The molecule has 2 aromatic rings. The van der Waals surface area contributed by atoms with Crippen LogP contribution in [0.25, 0.3) is 0 Å². The second kappa shape index (κ2) is 11.1. The summed E-state index contributed by atoms with van der Waals surface area (Å²) in [6.07, 6.45) is 0. The number of hydrogen-bond acceptors (Lipinski definition) is 6. The SMILES string of the molecule is CC(C)NC(=O)CSc1ccccc1C(=O)NCCNc1ccccc1[N+](=O)[O-]. The van der Waals surface area contributed by atoms with Gasteiger partial charge < -0.3 is 16.0 Å². The van der Waals surface area contributed by atoms with E-state index in [1.807, 2.05) is 19.9 Å². The van der Waals surface area contributed by atoms with Gasteiger partial charge in [-0.2, -0.15) is 0 Å². The van der Waals surface area contributed by atoms with Crippen molar-refractivity contribution < 1.29 is 14.5 Å². The lowest BCUT2D eigenvalue weighted by molar-refractivity contribution is -0.384. The predicted molar refractivity (Wildman–Crippen MR) is 114 cm³/mol. The van der Waals surface area contributed by atoms with E-state index in [4.69, 9.17) is 0 Å². The average Bonchev–Trinajstić information content (AvgIpc) is 2.69. The molecule has 0 aliphatic heterocycles. The van der Waals surface area contributed by atoms with E-state index in [1.165, 1.54) is 17.8 Å². The highest BCUT2D eigenvalue weighted by Crippen LogP contribution is 2.23. The van der Waals surface area contributed by atoms with E-state index in [0.29, 0.717) is 17.8 Å². The Bertz CT molecular complexity index is 873. The fraction of sp³-hybridized carbons (Fsp3) is 0.300. The van der Waals surface area contributed by atoms with Crippen LogP contribution in [0.15, 0.2) is 53.4 Å². The van der Waals surface area contributed by atoms with Crippen molar-refractivity contribution in [3.63, 3.8) is 0 Å². The molecule has 2 rings (SSSR count). The molecule has 0 fully saturated rings. The summed E-state index contributed by atoms with van der Waals surface area (Å²) in [5.41, 5.74) is 0.875. The highest BCUT2D eigenvalue weighted by molar-refractivity contribution is 8.00. The average molecular weight is 417 g/mol. The topological polar surface area (TPSA) is 113 Å². The lowest BCUT2D eigenvalue weighted by Gasteiger charge is -2.12. The van der Waals surface area contributed by atoms with E-state index in [9.17, 15) is 19.7 Å². The number of para-hydroxylation sites is 2. The Kier molecular flexibility index (Phi) is 8.47. The molecule has 2 aromatic carbocycles. The third-order valence-corrected chi connectivity index (χ3v) is 4.84. The van der Waals surface area contributed by atoms with Crippen molar-refractivity contribution in [3.8, 4) is 0 Å². The zero-order valence-corrected chi connectivity index (χ0v) is 17.1. The summed E-state index contributed by atoms with van der Waals surface area (Å²) in [5.74, 6) is -0.127. The molecular formula is C20H24N4O4S. The fourth-order valence-electron chi connectivity index (χ4n) is 2.54. The molecule has 29 heavy (non-hydrogen) atoms. The van der Waals surface area contributed by atoms with Crippen LogP contribution in [-0.2, 0) is 4.79 Å². The van der Waals surface area contributed by atoms with Gasteiger partial charge in [0.25, 0.3) is 11.6 Å². The molecule has 2 amide bonds. The van der Waals surface area contributed by atoms with Crippen LogP contribution in [0.5, 0.6) is 0 Å². The minimum Gasteiger partial charge on any atom is -0.378 e. The molecule has 0 radical (unpaired) electrons. The van der Waals surface area contributed by atoms with E-state index in [0.717, 1.165) is 4.90 Å². The molecule has 0 aliphatic rings. The zero-order chi connectivity index (χ0) is 21.2. The minimum absolute atomic E-state index is 0.0137. The number of nitrogens with zero attached hydrogens (tertiary/aromatic N) is 1. The van der Waals surface area contributed by atoms with Crippen molar-refractivity contribution in [1.82, 2.24) is 10.6 Å². The van der Waals surface area contributed by atoms with Crippen molar-refractivity contribution in [2.45, 2.75) is 24.8 Å². The summed E-state index contributed by atoms with van der Waals surface area (Å²) in [6, 6.07) is 13.5. The van der Waals surface area contributed by atoms with Crippen molar-refractivity contribution >= 4 is 35.0 Å². The van der Waals surface area contributed by atoms with Crippen LogP contribution in [-0.4, -0.2) is 41.6 Å². The van der Waals surface area contributed by atoms with Gasteiger partial charge in [-0.25, -0.2) is 0 Å². The quantitative estimate of drug-likeness (QED) is 0.237. The Hall–Kier alpha value is -3.07. The second-order valence-electron chi connectivity index (χ2n) is 6.46. The number of rotatable bonds is 10. The maximum atomic E-state index is 12.5. The van der Waals surface area contributed by atoms with Gasteiger partial charge in [-0.15, -0.1) is 11.8 Å². The molecule has 9 heteroatoms. The second-order valence-corrected chi connectivity index (χ2v) is 7.48. The van der Waals surface area contributed by atoms with Crippen LogP contribution in [0.4, 0.5) is 11.4 Å². The first kappa shape index (κ1) is 22.2. The molecule has 0 saturated heterocycles. The van der Waals surface area contributed by atoms with E-state index in [1.54, 1.807) is 36.4 Å². The zero-order valence-electron chi connectivity index (χ0n) is 16.3. The van der Waals surface area contributed by atoms with Crippen LogP contribution in [0.2, 0.25) is 0 Å². The van der Waals surface area contributed by atoms with Crippen molar-refractivity contribution in [2.75, 3.05) is 24.2 Å². The number of carbonyl (C=O) groups excluding carboxylic acids is 2. The van der Waals surface area contributed by atoms with Crippen LogP contribution in [0, 0.1) is 10.1 Å². The summed E-state index contributed by atoms with van der Waals surface area (Å²) in [7, 11) is 0. The number of thioether (sulfide) groups is 1. The van der Waals surface area contributed by atoms with Gasteiger partial charge in [0.1, 0.15) is 5.69 Å². The number of nitro groups is 1. The molecule has 3 N–H and O–H groups in total. The molecule has 0 unspecified atom stereocenters. The van der Waals surface area contributed by atoms with E-state index in [2.05, 4.69) is 16.0 Å². The molecule has 0 bridgehead atoms. The van der Waals surface area contributed by atoms with E-state index in [-0.39, 0.29) is 35.8 Å². The number of nitrogens with one attached hydrogen (secondary N) is 3. The van der Waals surface area contributed by atoms with Gasteiger partial charge in [0.2, 0.25) is 5.91 Å². The van der Waals surface area contributed by atoms with Gasteiger partial charge in [0, 0.05) is 30.1 Å². The maximum absolute atomic E-state index is 12.5. The first-order valence-corrected chi connectivity index (χ1v) is 10.1. The summed E-state index contributed by atoms with van der Waals surface area (Å²) in [5, 5.41) is 19.6. The first-order valence-electron chi connectivity index (χ1n) is 9.15. The number of nitro benzene ring substituents is 1. The number of anilines is 1. The van der Waals surface area contributed by atoms with Gasteiger partial charge in [0.05, 0.1) is 16.2 Å². The van der Waals surface area contributed by atoms with E-state index < -0.39 is 4.92 Å². The smallest absolute Gasteiger partial charge is 0.292 e. The number of benzene rings is 2. The van der Waals surface area contributed by atoms with E-state index >= 15 is 0 Å². The van der Waals surface area contributed by atoms with Crippen molar-refractivity contribution in [3.05, 3.63) is 64.2 Å². The number of amides is 2. The van der Waals surface area contributed by atoms with Gasteiger partial charge >= 0.3 is 0 Å². The molecule has 0 atom stereocenters. The Morgan fingerprint density at radius 2 is 1.76 bits per heavy atom. The Morgan fingerprint density at radius 3 is 2.48 bits per heavy atom. The lowest BCUT2D eigenvalue weighted by Crippen LogP contribution is -2.31. The van der Waals surface area contributed by atoms with Crippen molar-refractivity contribution in [2.24, 2.45) is 0 Å². The molecule has 0 aliphatic carbocycles. The highest BCUT2D eigenvalue weighted by Gasteiger charge is 2.14. The molecular weight excluding hydrogens is 392 g/mol. The monoisotopic (exact) mass is 416 g/mol. The first-order chi connectivity index (χ1) is 13.9. The molecule has 0 spiro atoms. The Morgan fingerprint density at radius 1 is 1.07 bits per heavy atom. The third kappa shape index (κ3) is 7.11. The molecule has 8 nitrogen and oxygen atoms in total. The third-order valence-electron chi connectivity index (χ3n) is 3.77. The summed E-state index contributed by atoms with van der Waals surface area (Å²) >= 11 is 1.30. The lowest BCUT2D eigenvalue weighted by atomic mass is 10.2. The highest BCUT2D eigenvalue weighted by atomic mass is 32.2. The standard InChI is InChI=1S/C20H24N4O4S/c1-14(2)23-19(25)13-29-18-10-6-3-7-15(18)20(26)22-12-11-21-16-8-4-5-9-17(16)24(27)28/h3-10,14,21H,11-13H2,1-2H3,(H,22,26)(H,23,25). The predicted octanol–water partition coefficient (Wildman–Crippen LogP) is 3.05. The van der Waals surface area contributed by atoms with Crippen LogP contribution >= 0.6 is 11.8 Å². The number of carbonyl (C=O) groups is 2. The Labute approximate surface area is 173 Å². The molecule has 0 aromatic heterocycles. The summed E-state index contributed by atoms with van der Waals surface area (Å²) in [4.78, 5) is 35.6. The maximum Gasteiger partial charge on any atom is 0.292 e. The van der Waals surface area contributed by atoms with Crippen molar-refractivity contribution in [1.29, 1.82) is 0 Å². The fourth-order valence-corrected chi connectivity index (χ4v) is 3.40. The van der Waals surface area contributed by atoms with Gasteiger partial charge in [-0.05, 0) is 32.0 Å². The van der Waals surface area contributed by atoms with Gasteiger partial charge in [0.15, 0.2) is 0 Å². The Balaban J connectivity index is 1.88. The summed E-state index contributed by atoms with van der Waals surface area (Å²) < 4.78 is 0. The van der Waals surface area contributed by atoms with Gasteiger partial charge in [-0.1, -0.05) is 24.3 Å². The van der Waals surface area contributed by atoms with Crippen LogP contribution in [0.3, 0.4) is 0 Å². The molecule has 154 valence electrons. The minimum atomic E-state index is -0.455. The summed E-state index contributed by atoms with van der Waals surface area (Å²) in [6.45, 7) is 4.41.